The van der Waals surface area contributed by atoms with Crippen LogP contribution in [0.15, 0.2) is 0 Å². The fourth-order valence-corrected chi connectivity index (χ4v) is 30.4. The van der Waals surface area contributed by atoms with Gasteiger partial charge in [0.15, 0.2) is 0 Å². The molecule has 60 valence electrons. The molecule has 0 amide bonds. The minimum atomic E-state index is -1.07. The van der Waals surface area contributed by atoms with Crippen molar-refractivity contribution in [3.05, 3.63) is 0 Å². The van der Waals surface area contributed by atoms with Crippen LogP contribution in [-0.2, 0) is 0 Å². The van der Waals surface area contributed by atoms with Crippen LogP contribution in [0.4, 0.5) is 0 Å². The van der Waals surface area contributed by atoms with Crippen molar-refractivity contribution >= 4 is 22.8 Å². The first kappa shape index (κ1) is 10.5. The van der Waals surface area contributed by atoms with Crippen molar-refractivity contribution < 1.29 is 0 Å². The number of hydrogen-bond donors (Lipinski definition) is 1. The molecule has 0 aliphatic carbocycles. The van der Waals surface area contributed by atoms with Gasteiger partial charge in [0.1, 0.15) is 0 Å². The fourth-order valence-electron chi connectivity index (χ4n) is 1.12. The summed E-state index contributed by atoms with van der Waals surface area (Å²) in [5.41, 5.74) is 0. The van der Waals surface area contributed by atoms with Gasteiger partial charge in [0, 0.05) is 0 Å². The van der Waals surface area contributed by atoms with Crippen LogP contribution in [-0.4, -0.2) is 22.8 Å². The zero-order valence-corrected chi connectivity index (χ0v) is 11.0. The molecule has 0 rings (SSSR count). The molecule has 1 N–H and O–H groups in total. The minimum absolute atomic E-state index is 0.693. The lowest BCUT2D eigenvalue weighted by Gasteiger charge is -2.26. The standard InChI is InChI=1S/C6H19NSi3/c1-9(2,3)8(7)10(4,5)6/h7H,1-6H3. The van der Waals surface area contributed by atoms with Gasteiger partial charge in [0.25, 0.3) is 0 Å². The van der Waals surface area contributed by atoms with Crippen molar-refractivity contribution in [2.24, 2.45) is 0 Å². The predicted molar refractivity (Wildman–Crippen MR) is 55.2 cm³/mol. The lowest BCUT2D eigenvalue weighted by Crippen LogP contribution is -2.51. The summed E-state index contributed by atoms with van der Waals surface area (Å²) < 4.78 is 0. The Bertz CT molecular complexity index is 124. The average Bonchev–Trinajstić information content (AvgIpc) is 1.59. The summed E-state index contributed by atoms with van der Waals surface area (Å²) in [6.07, 6.45) is 0. The second kappa shape index (κ2) is 2.83. The zero-order valence-electron chi connectivity index (χ0n) is 8.00. The van der Waals surface area contributed by atoms with E-state index in [1.165, 1.54) is 0 Å². The van der Waals surface area contributed by atoms with Gasteiger partial charge in [-0.25, -0.2) is 0 Å². The fraction of sp³-hybridized carbons (Fsp3) is 1.00. The predicted octanol–water partition coefficient (Wildman–Crippen LogP) is 2.66. The van der Waals surface area contributed by atoms with Gasteiger partial charge in [0.05, 0.1) is 22.8 Å². The van der Waals surface area contributed by atoms with Crippen molar-refractivity contribution in [3.63, 3.8) is 0 Å². The summed E-state index contributed by atoms with van der Waals surface area (Å²) >= 11 is 0. The van der Waals surface area contributed by atoms with Gasteiger partial charge in [-0.15, -0.1) is 0 Å². The molecule has 0 heterocycles. The van der Waals surface area contributed by atoms with E-state index in [1.807, 2.05) is 0 Å². The van der Waals surface area contributed by atoms with Crippen LogP contribution in [0, 0.1) is 5.05 Å². The van der Waals surface area contributed by atoms with Gasteiger partial charge in [0.2, 0.25) is 0 Å². The molecule has 0 bridgehead atoms. The topological polar surface area (TPSA) is 23.9 Å². The molecule has 0 unspecified atom stereocenters. The molecule has 0 aliphatic heterocycles. The Kier molecular flexibility index (Phi) is 2.95. The Labute approximate surface area is 67.6 Å². The van der Waals surface area contributed by atoms with Gasteiger partial charge in [-0.1, -0.05) is 39.3 Å². The molecule has 10 heavy (non-hydrogen) atoms. The molecular weight excluding hydrogens is 170 g/mol. The summed E-state index contributed by atoms with van der Waals surface area (Å²) in [6.45, 7) is 14.0. The minimum Gasteiger partial charge on any atom is -0.359 e. The van der Waals surface area contributed by atoms with Crippen LogP contribution >= 0.6 is 0 Å². The maximum Gasteiger partial charge on any atom is 0.0889 e. The Morgan fingerprint density at radius 2 is 1.00 bits per heavy atom. The van der Waals surface area contributed by atoms with E-state index in [9.17, 15) is 0 Å². The lowest BCUT2D eigenvalue weighted by atomic mass is 11.8. The van der Waals surface area contributed by atoms with Crippen molar-refractivity contribution in [2.75, 3.05) is 0 Å². The largest absolute Gasteiger partial charge is 0.359 e. The van der Waals surface area contributed by atoms with Crippen LogP contribution in [0.1, 0.15) is 0 Å². The second-order valence-corrected chi connectivity index (χ2v) is 28.1. The van der Waals surface area contributed by atoms with Crippen molar-refractivity contribution in [1.29, 1.82) is 5.05 Å². The van der Waals surface area contributed by atoms with E-state index in [0.717, 1.165) is 0 Å². The maximum absolute atomic E-state index is 8.10. The quantitative estimate of drug-likeness (QED) is 0.646. The maximum atomic E-state index is 8.10. The van der Waals surface area contributed by atoms with Crippen molar-refractivity contribution in [1.82, 2.24) is 0 Å². The van der Waals surface area contributed by atoms with E-state index in [0.29, 0.717) is 0 Å². The molecule has 0 aliphatic rings. The lowest BCUT2D eigenvalue weighted by molar-refractivity contribution is 1.58. The van der Waals surface area contributed by atoms with Crippen molar-refractivity contribution in [3.8, 4) is 0 Å². The zero-order chi connectivity index (χ0) is 8.58. The highest BCUT2D eigenvalue weighted by Gasteiger charge is 2.32. The van der Waals surface area contributed by atoms with Gasteiger partial charge >= 0.3 is 0 Å². The number of rotatable bonds is 2. The highest BCUT2D eigenvalue weighted by atomic mass is 29.6. The number of nitrogens with one attached hydrogen (secondary N) is 1. The van der Waals surface area contributed by atoms with Crippen LogP contribution in [0.2, 0.25) is 39.3 Å². The third-order valence-electron chi connectivity index (χ3n) is 1.50. The first-order valence-corrected chi connectivity index (χ1v) is 14.2. The molecule has 0 aromatic carbocycles. The van der Waals surface area contributed by atoms with Crippen LogP contribution < -0.4 is 0 Å². The Hall–Kier alpha value is 0.451. The van der Waals surface area contributed by atoms with Gasteiger partial charge < -0.3 is 5.05 Å². The van der Waals surface area contributed by atoms with E-state index >= 15 is 0 Å². The first-order valence-electron chi connectivity index (χ1n) is 3.75. The summed E-state index contributed by atoms with van der Waals surface area (Å²) in [4.78, 5) is 0. The highest BCUT2D eigenvalue weighted by molar-refractivity contribution is 7.55. The van der Waals surface area contributed by atoms with Gasteiger partial charge in [-0.3, -0.25) is 0 Å². The third-order valence-corrected chi connectivity index (χ3v) is 27.0. The average molecular weight is 189 g/mol. The molecule has 0 fully saturated rings. The smallest absolute Gasteiger partial charge is 0.0889 e. The van der Waals surface area contributed by atoms with Gasteiger partial charge in [-0.05, 0) is 0 Å². The monoisotopic (exact) mass is 189 g/mol. The van der Waals surface area contributed by atoms with E-state index in [4.69, 9.17) is 5.05 Å². The number of hydrogen-bond acceptors (Lipinski definition) is 1. The summed E-state index contributed by atoms with van der Waals surface area (Å²) in [7, 11) is -2.82. The Balaban J connectivity index is 4.40. The normalized spacial score (nSPS) is 13.4. The molecule has 1 nitrogen and oxygen atoms in total. The third kappa shape index (κ3) is 3.03. The Morgan fingerprint density at radius 1 is 0.800 bits per heavy atom. The molecule has 0 atom stereocenters. The van der Waals surface area contributed by atoms with Crippen molar-refractivity contribution in [2.45, 2.75) is 39.3 Å². The van der Waals surface area contributed by atoms with Crippen LogP contribution in [0.25, 0.3) is 0 Å². The van der Waals surface area contributed by atoms with E-state index in [2.05, 4.69) is 39.3 Å². The summed E-state index contributed by atoms with van der Waals surface area (Å²) in [5, 5.41) is 8.10. The molecule has 0 aromatic heterocycles. The molecule has 0 saturated carbocycles. The summed E-state index contributed by atoms with van der Waals surface area (Å²) in [5.74, 6) is 0. The van der Waals surface area contributed by atoms with E-state index < -0.39 is 22.8 Å². The molecule has 0 radical (unpaired) electrons. The van der Waals surface area contributed by atoms with E-state index in [1.54, 1.807) is 0 Å². The van der Waals surface area contributed by atoms with Crippen LogP contribution in [0.3, 0.4) is 0 Å². The van der Waals surface area contributed by atoms with Crippen LogP contribution in [0.5, 0.6) is 0 Å². The molecule has 0 saturated heterocycles. The molecule has 0 spiro atoms. The summed E-state index contributed by atoms with van der Waals surface area (Å²) in [6, 6.07) is 0. The SMILES string of the molecule is C[Si](C)(C)[Si](=N)[Si](C)(C)C. The molecule has 4 heteroatoms. The van der Waals surface area contributed by atoms with Gasteiger partial charge in [-0.2, -0.15) is 0 Å². The van der Waals surface area contributed by atoms with E-state index in [-0.39, 0.29) is 0 Å². The highest BCUT2D eigenvalue weighted by Crippen LogP contribution is 2.11. The Morgan fingerprint density at radius 3 is 1.00 bits per heavy atom. The second-order valence-electron chi connectivity index (χ2n) is 4.88. The molecule has 0 aromatic rings. The first-order chi connectivity index (χ1) is 4.15. The molecular formula is C6H19NSi3.